The van der Waals surface area contributed by atoms with Crippen molar-refractivity contribution in [1.82, 2.24) is 15.1 Å². The van der Waals surface area contributed by atoms with E-state index in [1.165, 1.54) is 16.8 Å². The van der Waals surface area contributed by atoms with Crippen LogP contribution in [0.15, 0.2) is 48.5 Å². The van der Waals surface area contributed by atoms with E-state index in [1.807, 2.05) is 18.2 Å². The van der Waals surface area contributed by atoms with Gasteiger partial charge in [0.05, 0.1) is 11.4 Å². The van der Waals surface area contributed by atoms with Crippen LogP contribution in [0.3, 0.4) is 0 Å². The lowest BCUT2D eigenvalue weighted by Gasteiger charge is -2.06. The lowest BCUT2D eigenvalue weighted by Crippen LogP contribution is -2.25. The van der Waals surface area contributed by atoms with Gasteiger partial charge in [0.25, 0.3) is 0 Å². The van der Waals surface area contributed by atoms with Crippen molar-refractivity contribution in [2.45, 2.75) is 25.7 Å². The highest BCUT2D eigenvalue weighted by Gasteiger charge is 2.16. The summed E-state index contributed by atoms with van der Waals surface area (Å²) >= 11 is 6.10. The second-order valence-corrected chi connectivity index (χ2v) is 7.16. The summed E-state index contributed by atoms with van der Waals surface area (Å²) in [5.74, 6) is -0.217. The minimum absolute atomic E-state index is 0.0632. The maximum absolute atomic E-state index is 13.1. The number of nitrogen functional groups attached to an aromatic ring is 1. The van der Waals surface area contributed by atoms with Gasteiger partial charge >= 0.3 is 0 Å². The molecule has 0 aliphatic heterocycles. The first-order chi connectivity index (χ1) is 14.5. The Kier molecular flexibility index (Phi) is 7.04. The average molecular weight is 426 g/mol. The number of carbonyl (C=O) groups is 1. The van der Waals surface area contributed by atoms with Gasteiger partial charge in [-0.3, -0.25) is 4.79 Å². The van der Waals surface area contributed by atoms with E-state index in [0.717, 1.165) is 5.56 Å². The molecule has 1 amide bonds. The second-order valence-electron chi connectivity index (χ2n) is 6.75. The number of aryl methyl sites for hydroxylation is 2. The number of hydrogen-bond acceptors (Lipinski definition) is 4. The Morgan fingerprint density at radius 2 is 1.93 bits per heavy atom. The number of benzene rings is 2. The highest BCUT2D eigenvalue weighted by Crippen LogP contribution is 2.22. The third-order valence-electron chi connectivity index (χ3n) is 4.67. The molecule has 3 aromatic rings. The van der Waals surface area contributed by atoms with Crippen LogP contribution in [0.4, 0.5) is 10.2 Å². The monoisotopic (exact) mass is 425 g/mol. The molecular weight excluding hydrogens is 405 g/mol. The fourth-order valence-corrected chi connectivity index (χ4v) is 3.31. The van der Waals surface area contributed by atoms with Crippen LogP contribution in [0, 0.1) is 17.1 Å². The van der Waals surface area contributed by atoms with Gasteiger partial charge in [-0.1, -0.05) is 29.8 Å². The molecule has 6 nitrogen and oxygen atoms in total. The van der Waals surface area contributed by atoms with Crippen molar-refractivity contribution in [2.75, 3.05) is 12.3 Å². The van der Waals surface area contributed by atoms with Crippen LogP contribution in [0.2, 0.25) is 5.02 Å². The SMILES string of the molecule is N#Cc1c(CCCNC(=O)CCc2ccccc2Cl)nn(-c2ccc(F)cc2)c1N. The fraction of sp³-hybridized carbons (Fsp3) is 0.227. The van der Waals surface area contributed by atoms with Gasteiger partial charge in [0.15, 0.2) is 0 Å². The number of anilines is 1. The first-order valence-corrected chi connectivity index (χ1v) is 9.91. The molecule has 0 spiro atoms. The van der Waals surface area contributed by atoms with Crippen molar-refractivity contribution in [3.05, 3.63) is 76.2 Å². The molecular formula is C22H21ClFN5O. The molecule has 0 fully saturated rings. The van der Waals surface area contributed by atoms with Gasteiger partial charge in [0, 0.05) is 18.0 Å². The first-order valence-electron chi connectivity index (χ1n) is 9.53. The maximum Gasteiger partial charge on any atom is 0.220 e. The Hall–Kier alpha value is -3.37. The van der Waals surface area contributed by atoms with E-state index in [-0.39, 0.29) is 17.5 Å². The van der Waals surface area contributed by atoms with Crippen LogP contribution in [-0.2, 0) is 17.6 Å². The minimum atomic E-state index is -0.365. The summed E-state index contributed by atoms with van der Waals surface area (Å²) in [7, 11) is 0. The van der Waals surface area contributed by atoms with Crippen molar-refractivity contribution in [3.63, 3.8) is 0 Å². The largest absolute Gasteiger partial charge is 0.382 e. The standard InChI is InChI=1S/C22H21ClFN5O/c23-19-5-2-1-4-15(19)7-12-21(30)27-13-3-6-20-18(14-25)22(26)29(28-20)17-10-8-16(24)9-11-17/h1-2,4-5,8-11H,3,6-7,12-13,26H2,(H,27,30). The molecule has 0 aliphatic rings. The third-order valence-corrected chi connectivity index (χ3v) is 5.04. The molecule has 2 aromatic carbocycles. The quantitative estimate of drug-likeness (QED) is 0.536. The Labute approximate surface area is 179 Å². The Bertz CT molecular complexity index is 1070. The summed E-state index contributed by atoms with van der Waals surface area (Å²) in [5.41, 5.74) is 8.40. The molecule has 0 aliphatic carbocycles. The van der Waals surface area contributed by atoms with Crippen LogP contribution in [0.5, 0.6) is 0 Å². The zero-order chi connectivity index (χ0) is 21.5. The van der Waals surface area contributed by atoms with Crippen LogP contribution in [0.25, 0.3) is 5.69 Å². The zero-order valence-electron chi connectivity index (χ0n) is 16.2. The van der Waals surface area contributed by atoms with Gasteiger partial charge in [-0.2, -0.15) is 10.4 Å². The predicted molar refractivity (Wildman–Crippen MR) is 114 cm³/mol. The van der Waals surface area contributed by atoms with Gasteiger partial charge in [-0.25, -0.2) is 9.07 Å². The Morgan fingerprint density at radius 1 is 1.20 bits per heavy atom. The van der Waals surface area contributed by atoms with Gasteiger partial charge in [0.1, 0.15) is 23.3 Å². The van der Waals surface area contributed by atoms with E-state index in [1.54, 1.807) is 18.2 Å². The van der Waals surface area contributed by atoms with E-state index in [9.17, 15) is 14.4 Å². The molecule has 0 saturated heterocycles. The van der Waals surface area contributed by atoms with E-state index in [2.05, 4.69) is 16.5 Å². The normalized spacial score (nSPS) is 10.6. The summed E-state index contributed by atoms with van der Waals surface area (Å²) in [5, 5.41) is 17.4. The van der Waals surface area contributed by atoms with Crippen molar-refractivity contribution in [1.29, 1.82) is 5.26 Å². The zero-order valence-corrected chi connectivity index (χ0v) is 17.0. The number of rotatable bonds is 8. The number of hydrogen-bond donors (Lipinski definition) is 2. The number of amides is 1. The van der Waals surface area contributed by atoms with Crippen LogP contribution in [0.1, 0.15) is 29.7 Å². The molecule has 0 atom stereocenters. The molecule has 3 rings (SSSR count). The number of nitriles is 1. The molecule has 8 heteroatoms. The number of carbonyl (C=O) groups excluding carboxylic acids is 1. The Balaban J connectivity index is 1.53. The predicted octanol–water partition coefficient (Wildman–Crippen LogP) is 3.80. The van der Waals surface area contributed by atoms with Gasteiger partial charge in [-0.05, 0) is 55.2 Å². The van der Waals surface area contributed by atoms with E-state index in [4.69, 9.17) is 17.3 Å². The van der Waals surface area contributed by atoms with Crippen LogP contribution >= 0.6 is 11.6 Å². The van der Waals surface area contributed by atoms with Crippen LogP contribution < -0.4 is 11.1 Å². The highest BCUT2D eigenvalue weighted by atomic mass is 35.5. The minimum Gasteiger partial charge on any atom is -0.382 e. The van der Waals surface area contributed by atoms with Crippen molar-refractivity contribution < 1.29 is 9.18 Å². The highest BCUT2D eigenvalue weighted by molar-refractivity contribution is 6.31. The molecule has 30 heavy (non-hydrogen) atoms. The van der Waals surface area contributed by atoms with Crippen LogP contribution in [-0.4, -0.2) is 22.2 Å². The van der Waals surface area contributed by atoms with Gasteiger partial charge in [-0.15, -0.1) is 0 Å². The molecule has 0 saturated carbocycles. The molecule has 0 unspecified atom stereocenters. The van der Waals surface area contributed by atoms with Crippen molar-refractivity contribution >= 4 is 23.3 Å². The smallest absolute Gasteiger partial charge is 0.220 e. The molecule has 154 valence electrons. The second kappa shape index (κ2) is 9.90. The summed E-state index contributed by atoms with van der Waals surface area (Å²) in [6.07, 6.45) is 2.00. The topological polar surface area (TPSA) is 96.7 Å². The Morgan fingerprint density at radius 3 is 2.63 bits per heavy atom. The molecule has 0 radical (unpaired) electrons. The number of halogens is 2. The van der Waals surface area contributed by atoms with Gasteiger partial charge < -0.3 is 11.1 Å². The molecule has 1 aromatic heterocycles. The van der Waals surface area contributed by atoms with Crippen molar-refractivity contribution in [3.8, 4) is 11.8 Å². The lowest BCUT2D eigenvalue weighted by atomic mass is 10.1. The fourth-order valence-electron chi connectivity index (χ4n) is 3.08. The first kappa shape index (κ1) is 21.3. The number of nitrogens with two attached hydrogens (primary N) is 1. The number of nitrogens with zero attached hydrogens (tertiary/aromatic N) is 3. The third kappa shape index (κ3) is 5.16. The lowest BCUT2D eigenvalue weighted by molar-refractivity contribution is -0.121. The molecule has 0 bridgehead atoms. The molecule has 1 heterocycles. The summed E-state index contributed by atoms with van der Waals surface area (Å²) in [4.78, 5) is 12.1. The maximum atomic E-state index is 13.1. The summed E-state index contributed by atoms with van der Waals surface area (Å²) in [6.45, 7) is 0.454. The average Bonchev–Trinajstić information content (AvgIpc) is 3.06. The summed E-state index contributed by atoms with van der Waals surface area (Å²) < 4.78 is 14.6. The number of nitrogens with one attached hydrogen (secondary N) is 1. The molecule has 3 N–H and O–H groups in total. The van der Waals surface area contributed by atoms with E-state index in [0.29, 0.717) is 54.2 Å². The number of aromatic nitrogens is 2. The van der Waals surface area contributed by atoms with E-state index >= 15 is 0 Å². The van der Waals surface area contributed by atoms with Gasteiger partial charge in [0.2, 0.25) is 5.91 Å². The van der Waals surface area contributed by atoms with E-state index < -0.39 is 0 Å². The summed E-state index contributed by atoms with van der Waals surface area (Å²) in [6, 6.07) is 15.2. The van der Waals surface area contributed by atoms with Crippen molar-refractivity contribution in [2.24, 2.45) is 0 Å².